The number of nitrogens with zero attached hydrogens (tertiary/aromatic N) is 2. The van der Waals surface area contributed by atoms with Gasteiger partial charge in [0.1, 0.15) is 0 Å². The topological polar surface area (TPSA) is 23.6 Å². The fourth-order valence-corrected chi connectivity index (χ4v) is 2.12. The van der Waals surface area contributed by atoms with Gasteiger partial charge in [-0.1, -0.05) is 0 Å². The number of hydrogen-bond donors (Lipinski definition) is 0. The second-order valence-corrected chi connectivity index (χ2v) is 4.87. The van der Waals surface area contributed by atoms with Crippen molar-refractivity contribution in [1.29, 1.82) is 0 Å². The number of carbonyl (C=O) groups excluding carboxylic acids is 1. The Morgan fingerprint density at radius 2 is 1.80 bits per heavy atom. The highest BCUT2D eigenvalue weighted by molar-refractivity contribution is 6.08. The first-order chi connectivity index (χ1) is 9.29. The summed E-state index contributed by atoms with van der Waals surface area (Å²) >= 11 is 0. The van der Waals surface area contributed by atoms with Crippen LogP contribution in [-0.2, 0) is 11.0 Å². The van der Waals surface area contributed by atoms with Gasteiger partial charge in [0.05, 0.1) is 5.56 Å². The van der Waals surface area contributed by atoms with Gasteiger partial charge in [-0.2, -0.15) is 13.2 Å². The van der Waals surface area contributed by atoms with Gasteiger partial charge in [-0.3, -0.25) is 4.79 Å². The van der Waals surface area contributed by atoms with Crippen LogP contribution in [0.1, 0.15) is 12.0 Å². The molecule has 3 nitrogen and oxygen atoms in total. The molecule has 1 aliphatic rings. The molecule has 108 valence electrons. The summed E-state index contributed by atoms with van der Waals surface area (Å²) in [6.45, 7) is 0.490. The molecule has 0 atom stereocenters. The van der Waals surface area contributed by atoms with E-state index in [4.69, 9.17) is 0 Å². The maximum atomic E-state index is 12.5. The highest BCUT2D eigenvalue weighted by atomic mass is 19.4. The molecule has 0 bridgehead atoms. The van der Waals surface area contributed by atoms with Crippen LogP contribution >= 0.6 is 0 Å². The molecule has 2 rings (SSSR count). The Labute approximate surface area is 115 Å². The second kappa shape index (κ2) is 5.19. The number of amides is 1. The summed E-state index contributed by atoms with van der Waals surface area (Å²) in [6, 6.07) is 4.66. The number of alkyl halides is 3. The maximum Gasteiger partial charge on any atom is 0.416 e. The summed E-state index contributed by atoms with van der Waals surface area (Å²) in [5.74, 6) is -0.154. The van der Waals surface area contributed by atoms with E-state index < -0.39 is 11.7 Å². The lowest BCUT2D eigenvalue weighted by Crippen LogP contribution is -2.24. The van der Waals surface area contributed by atoms with Crippen LogP contribution in [-0.4, -0.2) is 31.4 Å². The fourth-order valence-electron chi connectivity index (χ4n) is 2.12. The Hall–Kier alpha value is -1.98. The number of carbonyl (C=O) groups is 1. The minimum atomic E-state index is -4.36. The van der Waals surface area contributed by atoms with Gasteiger partial charge in [0, 0.05) is 38.1 Å². The van der Waals surface area contributed by atoms with Crippen molar-refractivity contribution in [3.63, 3.8) is 0 Å². The van der Waals surface area contributed by atoms with Gasteiger partial charge >= 0.3 is 6.18 Å². The Bertz CT molecular complexity index is 532. The number of rotatable bonds is 2. The Morgan fingerprint density at radius 1 is 1.20 bits per heavy atom. The third-order valence-corrected chi connectivity index (χ3v) is 3.04. The van der Waals surface area contributed by atoms with Crippen LogP contribution in [0.15, 0.2) is 36.0 Å². The average molecular weight is 284 g/mol. The number of anilines is 1. The molecule has 1 fully saturated rings. The van der Waals surface area contributed by atoms with Crippen LogP contribution in [0, 0.1) is 0 Å². The Morgan fingerprint density at radius 3 is 2.30 bits per heavy atom. The second-order valence-electron chi connectivity index (χ2n) is 4.87. The molecule has 0 saturated carbocycles. The minimum absolute atomic E-state index is 0.154. The predicted octanol–water partition coefficient (Wildman–Crippen LogP) is 2.89. The molecular formula is C14H15F3N2O. The zero-order valence-electron chi connectivity index (χ0n) is 11.2. The van der Waals surface area contributed by atoms with Crippen LogP contribution in [0.5, 0.6) is 0 Å². The summed E-state index contributed by atoms with van der Waals surface area (Å²) in [7, 11) is 3.64. The third-order valence-electron chi connectivity index (χ3n) is 3.04. The van der Waals surface area contributed by atoms with E-state index in [0.717, 1.165) is 12.1 Å². The summed E-state index contributed by atoms with van der Waals surface area (Å²) in [5.41, 5.74) is 0.442. The van der Waals surface area contributed by atoms with E-state index in [1.807, 2.05) is 14.1 Å². The van der Waals surface area contributed by atoms with Crippen molar-refractivity contribution in [1.82, 2.24) is 4.90 Å². The molecule has 1 saturated heterocycles. The summed E-state index contributed by atoms with van der Waals surface area (Å²) in [6.07, 6.45) is -2.02. The minimum Gasteiger partial charge on any atom is -0.383 e. The van der Waals surface area contributed by atoms with Crippen LogP contribution < -0.4 is 4.90 Å². The normalized spacial score (nSPS) is 17.9. The summed E-state index contributed by atoms with van der Waals surface area (Å²) in [4.78, 5) is 15.4. The average Bonchev–Trinajstić information content (AvgIpc) is 2.69. The van der Waals surface area contributed by atoms with E-state index in [1.54, 1.807) is 11.1 Å². The zero-order chi connectivity index (χ0) is 14.9. The first kappa shape index (κ1) is 14.4. The molecule has 0 N–H and O–H groups in total. The number of halogens is 3. The van der Waals surface area contributed by atoms with Gasteiger partial charge in [0.25, 0.3) is 5.91 Å². The van der Waals surface area contributed by atoms with Crippen molar-refractivity contribution in [3.05, 3.63) is 41.6 Å². The summed E-state index contributed by atoms with van der Waals surface area (Å²) < 4.78 is 37.5. The molecule has 1 aromatic carbocycles. The molecule has 1 aliphatic heterocycles. The number of benzene rings is 1. The molecule has 1 amide bonds. The van der Waals surface area contributed by atoms with Crippen LogP contribution in [0.3, 0.4) is 0 Å². The van der Waals surface area contributed by atoms with Crippen LogP contribution in [0.2, 0.25) is 0 Å². The van der Waals surface area contributed by atoms with Gasteiger partial charge in [-0.05, 0) is 30.7 Å². The third kappa shape index (κ3) is 2.95. The lowest BCUT2D eigenvalue weighted by molar-refractivity contribution is -0.137. The van der Waals surface area contributed by atoms with Crippen LogP contribution in [0.4, 0.5) is 18.9 Å². The van der Waals surface area contributed by atoms with Gasteiger partial charge in [-0.15, -0.1) is 0 Å². The lowest BCUT2D eigenvalue weighted by atomic mass is 10.2. The van der Waals surface area contributed by atoms with E-state index in [0.29, 0.717) is 24.2 Å². The van der Waals surface area contributed by atoms with Crippen molar-refractivity contribution >= 4 is 11.6 Å². The molecule has 1 heterocycles. The number of hydrogen-bond acceptors (Lipinski definition) is 2. The molecule has 6 heteroatoms. The standard InChI is InChI=1S/C14H15F3N2O/c1-18(2)9-10-7-8-19(13(10)20)12-5-3-11(4-6-12)14(15,16)17/h3-6,9H,7-8H2,1-2H3/b10-9-. The molecule has 0 unspecified atom stereocenters. The molecule has 0 radical (unpaired) electrons. The maximum absolute atomic E-state index is 12.5. The SMILES string of the molecule is CN(C)/C=C1/CCN(c2ccc(C(F)(F)F)cc2)C1=O. The zero-order valence-corrected chi connectivity index (χ0v) is 11.2. The van der Waals surface area contributed by atoms with E-state index in [-0.39, 0.29) is 5.91 Å². The van der Waals surface area contributed by atoms with Gasteiger partial charge in [-0.25, -0.2) is 0 Å². The molecule has 1 aromatic rings. The molecule has 0 aromatic heterocycles. The van der Waals surface area contributed by atoms with Crippen molar-refractivity contribution in [2.75, 3.05) is 25.5 Å². The van der Waals surface area contributed by atoms with Crippen molar-refractivity contribution in [3.8, 4) is 0 Å². The Kier molecular flexibility index (Phi) is 3.74. The first-order valence-corrected chi connectivity index (χ1v) is 6.15. The molecule has 0 spiro atoms. The quantitative estimate of drug-likeness (QED) is 0.780. The monoisotopic (exact) mass is 284 g/mol. The van der Waals surface area contributed by atoms with Crippen molar-refractivity contribution in [2.24, 2.45) is 0 Å². The van der Waals surface area contributed by atoms with Crippen molar-refractivity contribution < 1.29 is 18.0 Å². The molecule has 0 aliphatic carbocycles. The molecule has 20 heavy (non-hydrogen) atoms. The van der Waals surface area contributed by atoms with E-state index in [1.165, 1.54) is 17.0 Å². The molecular weight excluding hydrogens is 269 g/mol. The van der Waals surface area contributed by atoms with Gasteiger partial charge in [0.15, 0.2) is 0 Å². The highest BCUT2D eigenvalue weighted by Gasteiger charge is 2.31. The van der Waals surface area contributed by atoms with Crippen molar-refractivity contribution in [2.45, 2.75) is 12.6 Å². The van der Waals surface area contributed by atoms with E-state index >= 15 is 0 Å². The fraction of sp³-hybridized carbons (Fsp3) is 0.357. The first-order valence-electron chi connectivity index (χ1n) is 6.15. The summed E-state index contributed by atoms with van der Waals surface area (Å²) in [5, 5.41) is 0. The van der Waals surface area contributed by atoms with Gasteiger partial charge < -0.3 is 9.80 Å². The lowest BCUT2D eigenvalue weighted by Gasteiger charge is -2.16. The van der Waals surface area contributed by atoms with Crippen LogP contribution in [0.25, 0.3) is 0 Å². The highest BCUT2D eigenvalue weighted by Crippen LogP contribution is 2.32. The largest absolute Gasteiger partial charge is 0.416 e. The smallest absolute Gasteiger partial charge is 0.383 e. The predicted molar refractivity (Wildman–Crippen MR) is 70.2 cm³/mol. The van der Waals surface area contributed by atoms with E-state index in [9.17, 15) is 18.0 Å². The Balaban J connectivity index is 2.20. The van der Waals surface area contributed by atoms with Gasteiger partial charge in [0.2, 0.25) is 0 Å². The van der Waals surface area contributed by atoms with E-state index in [2.05, 4.69) is 0 Å².